The summed E-state index contributed by atoms with van der Waals surface area (Å²) >= 11 is 1.92. The molecule has 0 fully saturated rings. The Bertz CT molecular complexity index is 1040. The summed E-state index contributed by atoms with van der Waals surface area (Å²) < 4.78 is 1.37. The van der Waals surface area contributed by atoms with Gasteiger partial charge >= 0.3 is 0 Å². The molecule has 1 aliphatic rings. The Hall–Kier alpha value is -2.38. The fourth-order valence-corrected chi connectivity index (χ4v) is 5.12. The molecular weight excluding hydrogens is 296 g/mol. The van der Waals surface area contributed by atoms with Gasteiger partial charge in [-0.05, 0) is 28.3 Å². The van der Waals surface area contributed by atoms with Crippen molar-refractivity contribution < 1.29 is 0 Å². The largest absolute Gasteiger partial charge is 0.135 e. The molecule has 1 unspecified atom stereocenters. The Labute approximate surface area is 140 Å². The number of hydrogen-bond acceptors (Lipinski definition) is 1. The summed E-state index contributed by atoms with van der Waals surface area (Å²) in [5.41, 5.74) is 7.07. The summed E-state index contributed by atoms with van der Waals surface area (Å²) in [6.07, 6.45) is 0. The molecule has 1 aromatic heterocycles. The Morgan fingerprint density at radius 2 is 1.30 bits per heavy atom. The highest BCUT2D eigenvalue weighted by Gasteiger charge is 2.26. The minimum Gasteiger partial charge on any atom is -0.135 e. The highest BCUT2D eigenvalue weighted by atomic mass is 32.1. The van der Waals surface area contributed by atoms with Crippen LogP contribution in [0.15, 0.2) is 72.8 Å². The number of fused-ring (bicyclic) bond motifs is 7. The maximum Gasteiger partial charge on any atom is 0.0436 e. The lowest BCUT2D eigenvalue weighted by atomic mass is 9.89. The third-order valence-electron chi connectivity index (χ3n) is 4.96. The molecule has 0 saturated heterocycles. The van der Waals surface area contributed by atoms with E-state index in [4.69, 9.17) is 0 Å². The Balaban J connectivity index is 2.02. The van der Waals surface area contributed by atoms with Gasteiger partial charge in [0.25, 0.3) is 0 Å². The summed E-state index contributed by atoms with van der Waals surface area (Å²) in [7, 11) is 0. The molecule has 0 bridgehead atoms. The highest BCUT2D eigenvalue weighted by Crippen LogP contribution is 2.51. The van der Waals surface area contributed by atoms with E-state index in [2.05, 4.69) is 79.7 Å². The fraction of sp³-hybridized carbons (Fsp3) is 0.0909. The van der Waals surface area contributed by atoms with Crippen LogP contribution in [0.25, 0.3) is 31.7 Å². The van der Waals surface area contributed by atoms with Crippen LogP contribution in [-0.2, 0) is 0 Å². The Morgan fingerprint density at radius 3 is 2.13 bits per heavy atom. The molecular formula is C22H16S. The summed E-state index contributed by atoms with van der Waals surface area (Å²) in [6, 6.07) is 26.6. The number of thiophene rings is 1. The van der Waals surface area contributed by atoms with Crippen molar-refractivity contribution in [3.05, 3.63) is 83.9 Å². The summed E-state index contributed by atoms with van der Waals surface area (Å²) in [6.45, 7) is 2.33. The van der Waals surface area contributed by atoms with Crippen LogP contribution < -0.4 is 0 Å². The fourth-order valence-electron chi connectivity index (χ4n) is 3.85. The number of benzene rings is 3. The molecule has 0 N–H and O–H groups in total. The molecule has 0 amide bonds. The van der Waals surface area contributed by atoms with E-state index in [1.165, 1.54) is 42.8 Å². The molecule has 0 radical (unpaired) electrons. The van der Waals surface area contributed by atoms with Crippen LogP contribution in [0.4, 0.5) is 0 Å². The average Bonchev–Trinajstić information content (AvgIpc) is 2.96. The average molecular weight is 312 g/mol. The van der Waals surface area contributed by atoms with Gasteiger partial charge in [0.2, 0.25) is 0 Å². The van der Waals surface area contributed by atoms with Crippen molar-refractivity contribution >= 4 is 21.4 Å². The normalized spacial score (nSPS) is 15.6. The highest BCUT2D eigenvalue weighted by molar-refractivity contribution is 7.23. The first kappa shape index (κ1) is 13.1. The van der Waals surface area contributed by atoms with Crippen LogP contribution in [0.2, 0.25) is 0 Å². The van der Waals surface area contributed by atoms with E-state index in [-0.39, 0.29) is 0 Å². The van der Waals surface area contributed by atoms with Gasteiger partial charge in [-0.15, -0.1) is 11.3 Å². The van der Waals surface area contributed by atoms with Gasteiger partial charge in [-0.25, -0.2) is 0 Å². The molecule has 3 aromatic carbocycles. The first-order valence-electron chi connectivity index (χ1n) is 8.04. The maximum absolute atomic E-state index is 2.33. The summed E-state index contributed by atoms with van der Waals surface area (Å²) in [5.74, 6) is 0.417. The van der Waals surface area contributed by atoms with Gasteiger partial charge in [-0.3, -0.25) is 0 Å². The lowest BCUT2D eigenvalue weighted by molar-refractivity contribution is 0.932. The van der Waals surface area contributed by atoms with Crippen molar-refractivity contribution in [3.63, 3.8) is 0 Å². The van der Waals surface area contributed by atoms with Crippen LogP contribution in [0, 0.1) is 0 Å². The van der Waals surface area contributed by atoms with E-state index in [0.29, 0.717) is 5.92 Å². The van der Waals surface area contributed by atoms with Crippen LogP contribution in [0.3, 0.4) is 0 Å². The molecule has 1 aliphatic carbocycles. The standard InChI is InChI=1S/C22H16S/c1-14-15-8-2-4-10-17(15)21-19-12-6-7-13-20(19)23-22(21)18-11-5-3-9-16(14)18/h2-14H,1H3. The second-order valence-corrected chi connectivity index (χ2v) is 7.25. The molecule has 0 aliphatic heterocycles. The zero-order valence-corrected chi connectivity index (χ0v) is 13.7. The Kier molecular flexibility index (Phi) is 2.74. The molecule has 0 nitrogen and oxygen atoms in total. The van der Waals surface area contributed by atoms with E-state index in [1.54, 1.807) is 0 Å². The predicted molar refractivity (Wildman–Crippen MR) is 100 cm³/mol. The second-order valence-electron chi connectivity index (χ2n) is 6.20. The minimum atomic E-state index is 0.417. The van der Waals surface area contributed by atoms with Gasteiger partial charge in [0.1, 0.15) is 0 Å². The smallest absolute Gasteiger partial charge is 0.0436 e. The molecule has 5 rings (SSSR count). The lowest BCUT2D eigenvalue weighted by Crippen LogP contribution is -1.97. The molecule has 23 heavy (non-hydrogen) atoms. The van der Waals surface area contributed by atoms with E-state index in [1.807, 2.05) is 11.3 Å². The zero-order chi connectivity index (χ0) is 15.4. The number of hydrogen-bond donors (Lipinski definition) is 0. The van der Waals surface area contributed by atoms with Crippen molar-refractivity contribution in [1.82, 2.24) is 0 Å². The monoisotopic (exact) mass is 312 g/mol. The molecule has 110 valence electrons. The molecule has 0 saturated carbocycles. The van der Waals surface area contributed by atoms with E-state index < -0.39 is 0 Å². The van der Waals surface area contributed by atoms with Gasteiger partial charge in [-0.1, -0.05) is 73.7 Å². The van der Waals surface area contributed by atoms with Crippen LogP contribution in [0.5, 0.6) is 0 Å². The Morgan fingerprint density at radius 1 is 0.696 bits per heavy atom. The second kappa shape index (κ2) is 4.81. The lowest BCUT2D eigenvalue weighted by Gasteiger charge is -2.15. The van der Waals surface area contributed by atoms with Crippen LogP contribution >= 0.6 is 11.3 Å². The van der Waals surface area contributed by atoms with Gasteiger partial charge in [0.15, 0.2) is 0 Å². The zero-order valence-electron chi connectivity index (χ0n) is 12.9. The first-order valence-corrected chi connectivity index (χ1v) is 8.86. The van der Waals surface area contributed by atoms with Crippen molar-refractivity contribution in [2.75, 3.05) is 0 Å². The van der Waals surface area contributed by atoms with E-state index in [9.17, 15) is 0 Å². The van der Waals surface area contributed by atoms with Crippen LogP contribution in [0.1, 0.15) is 24.0 Å². The number of rotatable bonds is 0. The van der Waals surface area contributed by atoms with E-state index >= 15 is 0 Å². The predicted octanol–water partition coefficient (Wildman–Crippen LogP) is 6.70. The molecule has 0 spiro atoms. The quantitative estimate of drug-likeness (QED) is 0.339. The van der Waals surface area contributed by atoms with Gasteiger partial charge in [-0.2, -0.15) is 0 Å². The third kappa shape index (κ3) is 1.77. The maximum atomic E-state index is 2.33. The molecule has 1 heteroatoms. The van der Waals surface area contributed by atoms with Crippen molar-refractivity contribution in [1.29, 1.82) is 0 Å². The van der Waals surface area contributed by atoms with Gasteiger partial charge in [0.05, 0.1) is 0 Å². The van der Waals surface area contributed by atoms with Crippen LogP contribution in [-0.4, -0.2) is 0 Å². The minimum absolute atomic E-state index is 0.417. The van der Waals surface area contributed by atoms with E-state index in [0.717, 1.165) is 0 Å². The molecule has 1 heterocycles. The molecule has 1 atom stereocenters. The first-order chi connectivity index (χ1) is 11.3. The molecule has 4 aromatic rings. The van der Waals surface area contributed by atoms with Crippen molar-refractivity contribution in [2.45, 2.75) is 12.8 Å². The van der Waals surface area contributed by atoms with Gasteiger partial charge in [0, 0.05) is 26.4 Å². The van der Waals surface area contributed by atoms with Crippen molar-refractivity contribution in [3.8, 4) is 21.6 Å². The summed E-state index contributed by atoms with van der Waals surface area (Å²) in [4.78, 5) is 1.42. The van der Waals surface area contributed by atoms with Crippen molar-refractivity contribution in [2.24, 2.45) is 0 Å². The summed E-state index contributed by atoms with van der Waals surface area (Å²) in [5, 5.41) is 1.38. The topological polar surface area (TPSA) is 0 Å². The van der Waals surface area contributed by atoms with Gasteiger partial charge < -0.3 is 0 Å². The SMILES string of the molecule is CC1c2ccccc2-c2sc3ccccc3c2-c2ccccc21. The third-order valence-corrected chi connectivity index (χ3v) is 6.17.